The molecule has 0 N–H and O–H groups in total. The Bertz CT molecular complexity index is 732. The van der Waals surface area contributed by atoms with Crippen LogP contribution in [-0.2, 0) is 0 Å². The fraction of sp³-hybridized carbons (Fsp3) is 0.471. The summed E-state index contributed by atoms with van der Waals surface area (Å²) >= 11 is 0. The number of carbonyl (C=O) groups is 1. The quantitative estimate of drug-likeness (QED) is 0.812. The molecule has 0 radical (unpaired) electrons. The molecule has 0 amide bonds. The van der Waals surface area contributed by atoms with Crippen LogP contribution in [0.2, 0.25) is 0 Å². The van der Waals surface area contributed by atoms with Crippen LogP contribution in [-0.4, -0.2) is 30.3 Å². The van der Waals surface area contributed by atoms with Crippen LogP contribution in [0.25, 0.3) is 11.0 Å². The minimum Gasteiger partial charge on any atom is -0.450 e. The number of nitrogens with zero attached hydrogens (tertiary/aromatic N) is 1. The summed E-state index contributed by atoms with van der Waals surface area (Å²) in [6.45, 7) is 3.22. The predicted octanol–water partition coefficient (Wildman–Crippen LogP) is 3.63. The second-order valence-corrected chi connectivity index (χ2v) is 6.44. The second-order valence-electron chi connectivity index (χ2n) is 6.44. The van der Waals surface area contributed by atoms with E-state index in [0.29, 0.717) is 23.6 Å². The number of carbonyl (C=O) groups excluding carboxylic acids is 1. The van der Waals surface area contributed by atoms with Crippen LogP contribution in [0.3, 0.4) is 0 Å². The highest BCUT2D eigenvalue weighted by molar-refractivity contribution is 5.97. The zero-order valence-electron chi connectivity index (χ0n) is 12.1. The Kier molecular flexibility index (Phi) is 3.26. The molecule has 1 atom stereocenters. The maximum Gasteiger partial charge on any atom is 0.198 e. The number of hydrogen-bond acceptors (Lipinski definition) is 3. The maximum atomic E-state index is 13.7. The number of ketones is 1. The predicted molar refractivity (Wildman–Crippen MR) is 77.7 cm³/mol. The van der Waals surface area contributed by atoms with Crippen LogP contribution < -0.4 is 0 Å². The third-order valence-corrected chi connectivity index (χ3v) is 5.05. The van der Waals surface area contributed by atoms with Gasteiger partial charge in [-0.25, -0.2) is 8.78 Å². The van der Waals surface area contributed by atoms with Crippen molar-refractivity contribution in [2.75, 3.05) is 19.6 Å². The Morgan fingerprint density at radius 2 is 2.00 bits per heavy atom. The van der Waals surface area contributed by atoms with E-state index in [2.05, 4.69) is 4.90 Å². The van der Waals surface area contributed by atoms with Crippen molar-refractivity contribution < 1.29 is 18.0 Å². The largest absolute Gasteiger partial charge is 0.450 e. The molecule has 0 spiro atoms. The minimum absolute atomic E-state index is 0.0429. The van der Waals surface area contributed by atoms with Gasteiger partial charge in [-0.05, 0) is 49.9 Å². The molecule has 3 aliphatic rings. The standard InChI is InChI=1S/C17H17F2NO2/c18-13-5-11-7-16(22-17(11)14(19)8-13)15(21)6-12-9-20-3-1-10(12)2-4-20/h5,7-8,10,12H,1-4,6,9H2/t12-/m0/s1. The van der Waals surface area contributed by atoms with E-state index < -0.39 is 11.6 Å². The second kappa shape index (κ2) is 5.16. The average Bonchev–Trinajstić information content (AvgIpc) is 2.93. The number of furan rings is 1. The fourth-order valence-corrected chi connectivity index (χ4v) is 3.87. The van der Waals surface area contributed by atoms with E-state index in [9.17, 15) is 13.6 Å². The van der Waals surface area contributed by atoms with Crippen LogP contribution in [0.1, 0.15) is 29.8 Å². The normalized spacial score (nSPS) is 27.5. The van der Waals surface area contributed by atoms with Gasteiger partial charge in [-0.1, -0.05) is 0 Å². The highest BCUT2D eigenvalue weighted by Crippen LogP contribution is 2.35. The SMILES string of the molecule is O=C(C[C@H]1CN2CCC1CC2)c1cc2cc(F)cc(F)c2o1. The fourth-order valence-electron chi connectivity index (χ4n) is 3.87. The number of fused-ring (bicyclic) bond motifs is 4. The van der Waals surface area contributed by atoms with Gasteiger partial charge in [-0.2, -0.15) is 0 Å². The molecule has 5 rings (SSSR count). The smallest absolute Gasteiger partial charge is 0.198 e. The van der Waals surface area contributed by atoms with Crippen molar-refractivity contribution in [3.05, 3.63) is 35.6 Å². The molecule has 5 heteroatoms. The molecule has 3 fully saturated rings. The van der Waals surface area contributed by atoms with E-state index in [4.69, 9.17) is 4.42 Å². The molecule has 2 aromatic rings. The molecule has 2 bridgehead atoms. The van der Waals surface area contributed by atoms with Gasteiger partial charge in [-0.15, -0.1) is 0 Å². The van der Waals surface area contributed by atoms with Gasteiger partial charge in [0.25, 0.3) is 0 Å². The highest BCUT2D eigenvalue weighted by atomic mass is 19.1. The lowest BCUT2D eigenvalue weighted by Gasteiger charge is -2.44. The van der Waals surface area contributed by atoms with Crippen LogP contribution in [0.5, 0.6) is 0 Å². The maximum absolute atomic E-state index is 13.7. The molecule has 0 unspecified atom stereocenters. The number of hydrogen-bond donors (Lipinski definition) is 0. The van der Waals surface area contributed by atoms with Gasteiger partial charge in [0.1, 0.15) is 5.82 Å². The molecular weight excluding hydrogens is 288 g/mol. The van der Waals surface area contributed by atoms with Crippen LogP contribution >= 0.6 is 0 Å². The number of Topliss-reactive ketones (excluding diaryl/α,β-unsaturated/α-hetero) is 1. The van der Waals surface area contributed by atoms with Crippen molar-refractivity contribution in [3.63, 3.8) is 0 Å². The summed E-state index contributed by atoms with van der Waals surface area (Å²) in [7, 11) is 0. The zero-order chi connectivity index (χ0) is 15.3. The molecule has 116 valence electrons. The third-order valence-electron chi connectivity index (χ3n) is 5.05. The van der Waals surface area contributed by atoms with E-state index in [1.165, 1.54) is 12.1 Å². The summed E-state index contributed by atoms with van der Waals surface area (Å²) in [5.41, 5.74) is -0.0429. The van der Waals surface area contributed by atoms with E-state index in [0.717, 1.165) is 38.5 Å². The van der Waals surface area contributed by atoms with Crippen molar-refractivity contribution >= 4 is 16.8 Å². The highest BCUT2D eigenvalue weighted by Gasteiger charge is 2.35. The summed E-state index contributed by atoms with van der Waals surface area (Å²) in [4.78, 5) is 14.8. The number of benzene rings is 1. The monoisotopic (exact) mass is 305 g/mol. The molecule has 0 saturated carbocycles. The summed E-state index contributed by atoms with van der Waals surface area (Å²) in [5.74, 6) is -0.456. The van der Waals surface area contributed by atoms with Gasteiger partial charge in [0.2, 0.25) is 0 Å². The summed E-state index contributed by atoms with van der Waals surface area (Å²) in [6.07, 6.45) is 2.72. The number of rotatable bonds is 3. The van der Waals surface area contributed by atoms with Crippen molar-refractivity contribution in [1.29, 1.82) is 0 Å². The Hall–Kier alpha value is -1.75. The van der Waals surface area contributed by atoms with Gasteiger partial charge in [0.05, 0.1) is 0 Å². The van der Waals surface area contributed by atoms with Crippen molar-refractivity contribution in [3.8, 4) is 0 Å². The number of piperidine rings is 3. The van der Waals surface area contributed by atoms with Gasteiger partial charge >= 0.3 is 0 Å². The zero-order valence-corrected chi connectivity index (χ0v) is 12.1. The van der Waals surface area contributed by atoms with Gasteiger partial charge < -0.3 is 9.32 Å². The first-order chi connectivity index (χ1) is 10.6. The topological polar surface area (TPSA) is 33.5 Å². The van der Waals surface area contributed by atoms with Crippen LogP contribution in [0, 0.1) is 23.5 Å². The molecule has 4 heterocycles. The van der Waals surface area contributed by atoms with Gasteiger partial charge in [-0.3, -0.25) is 4.79 Å². The van der Waals surface area contributed by atoms with Crippen LogP contribution in [0.4, 0.5) is 8.78 Å². The van der Waals surface area contributed by atoms with Gasteiger partial charge in [0.15, 0.2) is 22.9 Å². The van der Waals surface area contributed by atoms with Gasteiger partial charge in [0, 0.05) is 24.4 Å². The minimum atomic E-state index is -0.767. The van der Waals surface area contributed by atoms with Crippen LogP contribution in [0.15, 0.2) is 22.6 Å². The van der Waals surface area contributed by atoms with E-state index in [1.807, 2.05) is 0 Å². The Labute approximate surface area is 126 Å². The molecule has 3 aliphatic heterocycles. The first kappa shape index (κ1) is 13.9. The molecule has 3 nitrogen and oxygen atoms in total. The first-order valence-electron chi connectivity index (χ1n) is 7.74. The third kappa shape index (κ3) is 2.33. The molecule has 1 aromatic heterocycles. The number of halogens is 2. The lowest BCUT2D eigenvalue weighted by atomic mass is 9.76. The Morgan fingerprint density at radius 1 is 1.23 bits per heavy atom. The average molecular weight is 305 g/mol. The molecular formula is C17H17F2NO2. The Morgan fingerprint density at radius 3 is 2.68 bits per heavy atom. The summed E-state index contributed by atoms with van der Waals surface area (Å²) in [5, 5.41) is 0.301. The lowest BCUT2D eigenvalue weighted by molar-refractivity contribution is 0.0433. The first-order valence-corrected chi connectivity index (χ1v) is 7.74. The van der Waals surface area contributed by atoms with Crippen molar-refractivity contribution in [2.45, 2.75) is 19.3 Å². The molecule has 0 aliphatic carbocycles. The Balaban J connectivity index is 1.56. The van der Waals surface area contributed by atoms with Crippen molar-refractivity contribution in [2.24, 2.45) is 11.8 Å². The van der Waals surface area contributed by atoms with E-state index in [1.54, 1.807) is 0 Å². The lowest BCUT2D eigenvalue weighted by Crippen LogP contribution is -2.47. The molecule has 22 heavy (non-hydrogen) atoms. The summed E-state index contributed by atoms with van der Waals surface area (Å²) in [6, 6.07) is 3.41. The molecule has 1 aromatic carbocycles. The van der Waals surface area contributed by atoms with Crippen molar-refractivity contribution in [1.82, 2.24) is 4.90 Å². The van der Waals surface area contributed by atoms with E-state index in [-0.39, 0.29) is 17.1 Å². The molecule has 3 saturated heterocycles. The van der Waals surface area contributed by atoms with E-state index >= 15 is 0 Å². The summed E-state index contributed by atoms with van der Waals surface area (Å²) < 4.78 is 32.2.